The number of aromatic nitrogens is 1. The zero-order valence-electron chi connectivity index (χ0n) is 21.7. The zero-order chi connectivity index (χ0) is 27.7. The first-order valence-electron chi connectivity index (χ1n) is 12.6. The fourth-order valence-electron chi connectivity index (χ4n) is 4.61. The minimum absolute atomic E-state index is 0.0487. The molecule has 198 valence electrons. The van der Waals surface area contributed by atoms with Crippen molar-refractivity contribution in [3.05, 3.63) is 102 Å². The number of aromatic carboxylic acids is 1. The molecule has 0 radical (unpaired) electrons. The van der Waals surface area contributed by atoms with E-state index >= 15 is 0 Å². The first-order valence-corrected chi connectivity index (χ1v) is 13.0. The summed E-state index contributed by atoms with van der Waals surface area (Å²) in [5.41, 5.74) is 4.12. The number of carbonyl (C=O) groups excluding carboxylic acids is 1. The number of carbonyl (C=O) groups is 2. The molecule has 1 saturated heterocycles. The summed E-state index contributed by atoms with van der Waals surface area (Å²) in [5.74, 6) is 0.00979. The number of rotatable bonds is 7. The van der Waals surface area contributed by atoms with Crippen molar-refractivity contribution in [3.8, 4) is 11.3 Å². The van der Waals surface area contributed by atoms with Gasteiger partial charge in [-0.25, -0.2) is 4.79 Å². The minimum atomic E-state index is -1.00. The van der Waals surface area contributed by atoms with Crippen molar-refractivity contribution in [3.63, 3.8) is 0 Å². The Balaban J connectivity index is 1.55. The summed E-state index contributed by atoms with van der Waals surface area (Å²) in [6.07, 6.45) is 1.74. The largest absolute Gasteiger partial charge is 0.478 e. The molecule has 0 saturated carbocycles. The molecule has 3 heterocycles. The minimum Gasteiger partial charge on any atom is -0.478 e. The Morgan fingerprint density at radius 1 is 1.08 bits per heavy atom. The van der Waals surface area contributed by atoms with E-state index < -0.39 is 5.97 Å². The van der Waals surface area contributed by atoms with E-state index in [0.717, 1.165) is 22.6 Å². The Kier molecular flexibility index (Phi) is 7.17. The molecular weight excluding hydrogens is 512 g/mol. The average molecular weight is 541 g/mol. The van der Waals surface area contributed by atoms with Crippen LogP contribution in [-0.4, -0.2) is 27.1 Å². The molecule has 4 aromatic rings. The maximum atomic E-state index is 12.3. The molecule has 39 heavy (non-hydrogen) atoms. The fraction of sp³-hybridized carbons (Fsp3) is 0.200. The van der Waals surface area contributed by atoms with Gasteiger partial charge < -0.3 is 25.1 Å². The smallest absolute Gasteiger partial charge is 0.335 e. The lowest BCUT2D eigenvalue weighted by Gasteiger charge is -2.27. The van der Waals surface area contributed by atoms with Crippen LogP contribution >= 0.6 is 12.2 Å². The highest BCUT2D eigenvalue weighted by Gasteiger charge is 2.42. The van der Waals surface area contributed by atoms with Crippen LogP contribution in [0.4, 0.5) is 11.4 Å². The Bertz CT molecular complexity index is 1550. The summed E-state index contributed by atoms with van der Waals surface area (Å²) in [6, 6.07) is 21.2. The van der Waals surface area contributed by atoms with Crippen molar-refractivity contribution < 1.29 is 19.1 Å². The number of thiocarbonyl (C=S) groups is 1. The number of aryl methyl sites for hydroxylation is 1. The van der Waals surface area contributed by atoms with Gasteiger partial charge in [-0.2, -0.15) is 0 Å². The lowest BCUT2D eigenvalue weighted by atomic mass is 10.0. The van der Waals surface area contributed by atoms with E-state index in [4.69, 9.17) is 16.6 Å². The molecule has 2 unspecified atom stereocenters. The molecule has 1 fully saturated rings. The number of nitrogens with one attached hydrogen (secondary N) is 2. The number of carboxylic acids is 1. The Morgan fingerprint density at radius 2 is 1.90 bits per heavy atom. The topological polar surface area (TPSA) is 108 Å². The lowest BCUT2D eigenvalue weighted by molar-refractivity contribution is -0.118. The van der Waals surface area contributed by atoms with Gasteiger partial charge in [0.2, 0.25) is 5.91 Å². The summed E-state index contributed by atoms with van der Waals surface area (Å²) in [5, 5.41) is 16.3. The highest BCUT2D eigenvalue weighted by Crippen LogP contribution is 2.43. The molecule has 2 aromatic carbocycles. The van der Waals surface area contributed by atoms with Gasteiger partial charge in [0.1, 0.15) is 17.6 Å². The summed E-state index contributed by atoms with van der Waals surface area (Å²) in [4.78, 5) is 30.3. The van der Waals surface area contributed by atoms with E-state index in [9.17, 15) is 14.7 Å². The fourth-order valence-corrected chi connectivity index (χ4v) is 4.96. The van der Waals surface area contributed by atoms with Crippen LogP contribution in [0.25, 0.3) is 11.3 Å². The molecule has 0 bridgehead atoms. The van der Waals surface area contributed by atoms with Crippen LogP contribution in [0.15, 0.2) is 83.4 Å². The number of anilines is 2. The Hall–Kier alpha value is -4.50. The van der Waals surface area contributed by atoms with Crippen molar-refractivity contribution in [2.75, 3.05) is 10.2 Å². The quantitative estimate of drug-likeness (QED) is 0.241. The van der Waals surface area contributed by atoms with Gasteiger partial charge in [-0.1, -0.05) is 32.0 Å². The van der Waals surface area contributed by atoms with Gasteiger partial charge >= 0.3 is 5.97 Å². The third-order valence-corrected chi connectivity index (χ3v) is 7.00. The molecule has 2 atom stereocenters. The third kappa shape index (κ3) is 5.26. The van der Waals surface area contributed by atoms with Crippen molar-refractivity contribution in [1.29, 1.82) is 0 Å². The first kappa shape index (κ1) is 26.1. The van der Waals surface area contributed by atoms with Gasteiger partial charge in [0, 0.05) is 29.1 Å². The average Bonchev–Trinajstić information content (AvgIpc) is 3.55. The van der Waals surface area contributed by atoms with Crippen molar-refractivity contribution >= 4 is 40.6 Å². The van der Waals surface area contributed by atoms with Crippen molar-refractivity contribution in [2.45, 2.75) is 32.9 Å². The van der Waals surface area contributed by atoms with E-state index in [1.807, 2.05) is 80.3 Å². The number of furan rings is 1. The molecule has 1 aliphatic heterocycles. The second-order valence-corrected chi connectivity index (χ2v) is 10.1. The molecule has 1 aliphatic rings. The SMILES string of the molecule is Cc1cc(N2C(=S)NC(c3ccccn3)C2c2ccc(-c3cccc(C(=O)O)c3)o2)ccc1NC(=O)C(C)C. The number of hydrogen-bond donors (Lipinski definition) is 3. The predicted molar refractivity (Wildman–Crippen MR) is 154 cm³/mol. The highest BCUT2D eigenvalue weighted by atomic mass is 32.1. The number of nitrogens with zero attached hydrogens (tertiary/aromatic N) is 2. The second kappa shape index (κ2) is 10.7. The van der Waals surface area contributed by atoms with Crippen LogP contribution < -0.4 is 15.5 Å². The van der Waals surface area contributed by atoms with E-state index in [0.29, 0.717) is 22.2 Å². The maximum absolute atomic E-state index is 12.3. The van der Waals surface area contributed by atoms with Gasteiger partial charge in [-0.05, 0) is 79.3 Å². The number of carboxylic acid groups (broad SMARTS) is 1. The molecule has 5 rings (SSSR count). The van der Waals surface area contributed by atoms with Crippen LogP contribution in [-0.2, 0) is 4.79 Å². The standard InChI is InChI=1S/C30H28N4O4S/c1-17(2)28(35)32-22-11-10-21(15-18(22)3)34-27(26(33-30(34)39)23-9-4-5-14-31-23)25-13-12-24(38-25)19-7-6-8-20(16-19)29(36)37/h4-17,26-27H,1-3H3,(H,32,35)(H,33,39)(H,36,37). The molecule has 8 nitrogen and oxygen atoms in total. The molecular formula is C30H28N4O4S. The van der Waals surface area contributed by atoms with Crippen molar-refractivity contribution in [2.24, 2.45) is 5.92 Å². The summed E-state index contributed by atoms with van der Waals surface area (Å²) < 4.78 is 6.35. The third-order valence-electron chi connectivity index (χ3n) is 6.68. The maximum Gasteiger partial charge on any atom is 0.335 e. The highest BCUT2D eigenvalue weighted by molar-refractivity contribution is 7.80. The molecule has 2 aromatic heterocycles. The van der Waals surface area contributed by atoms with E-state index in [1.54, 1.807) is 24.4 Å². The monoisotopic (exact) mass is 540 g/mol. The van der Waals surface area contributed by atoms with Gasteiger partial charge in [-0.3, -0.25) is 9.78 Å². The molecule has 1 amide bonds. The van der Waals surface area contributed by atoms with Crippen LogP contribution in [0.3, 0.4) is 0 Å². The predicted octanol–water partition coefficient (Wildman–Crippen LogP) is 6.12. The molecule has 9 heteroatoms. The lowest BCUT2D eigenvalue weighted by Crippen LogP contribution is -2.29. The summed E-state index contributed by atoms with van der Waals surface area (Å²) in [6.45, 7) is 5.65. The number of amides is 1. The van der Waals surface area contributed by atoms with Crippen molar-refractivity contribution in [1.82, 2.24) is 10.3 Å². The first-order chi connectivity index (χ1) is 18.7. The number of hydrogen-bond acceptors (Lipinski definition) is 5. The molecule has 0 spiro atoms. The van der Waals surface area contributed by atoms with Gasteiger partial charge in [-0.15, -0.1) is 0 Å². The Morgan fingerprint density at radius 3 is 2.59 bits per heavy atom. The number of pyridine rings is 1. The van der Waals surface area contributed by atoms with E-state index in [1.165, 1.54) is 0 Å². The normalized spacial score (nSPS) is 16.8. The molecule has 3 N–H and O–H groups in total. The second-order valence-electron chi connectivity index (χ2n) is 9.73. The summed E-state index contributed by atoms with van der Waals surface area (Å²) in [7, 11) is 0. The van der Waals surface area contributed by atoms with Crippen LogP contribution in [0.1, 0.15) is 53.3 Å². The van der Waals surface area contributed by atoms with Crippen LogP contribution in [0.2, 0.25) is 0 Å². The Labute approximate surface area is 231 Å². The van der Waals surface area contributed by atoms with Crippen LogP contribution in [0, 0.1) is 12.8 Å². The van der Waals surface area contributed by atoms with E-state index in [-0.39, 0.29) is 29.5 Å². The van der Waals surface area contributed by atoms with Gasteiger partial charge in [0.15, 0.2) is 5.11 Å². The number of benzene rings is 2. The summed E-state index contributed by atoms with van der Waals surface area (Å²) >= 11 is 5.81. The molecule has 0 aliphatic carbocycles. The zero-order valence-corrected chi connectivity index (χ0v) is 22.5. The van der Waals surface area contributed by atoms with Crippen LogP contribution in [0.5, 0.6) is 0 Å². The van der Waals surface area contributed by atoms with E-state index in [2.05, 4.69) is 15.6 Å². The van der Waals surface area contributed by atoms with Gasteiger partial charge in [0.25, 0.3) is 0 Å². The van der Waals surface area contributed by atoms with Gasteiger partial charge in [0.05, 0.1) is 17.3 Å².